The number of aryl methyl sites for hydroxylation is 1. The van der Waals surface area contributed by atoms with Gasteiger partial charge in [-0.2, -0.15) is 0 Å². The van der Waals surface area contributed by atoms with Gasteiger partial charge in [-0.3, -0.25) is 4.84 Å². The molecule has 2 rings (SSSR count). The predicted molar refractivity (Wildman–Crippen MR) is 66.5 cm³/mol. The van der Waals surface area contributed by atoms with Gasteiger partial charge in [0.1, 0.15) is 0 Å². The van der Waals surface area contributed by atoms with Gasteiger partial charge in [0.05, 0.1) is 5.71 Å². The van der Waals surface area contributed by atoms with Crippen molar-refractivity contribution in [3.63, 3.8) is 0 Å². The van der Waals surface area contributed by atoms with Gasteiger partial charge in [-0.1, -0.05) is 22.8 Å². The van der Waals surface area contributed by atoms with E-state index in [0.717, 1.165) is 30.5 Å². The summed E-state index contributed by atoms with van der Waals surface area (Å²) >= 11 is 5.96. The number of carbonyl (C=O) groups is 1. The van der Waals surface area contributed by atoms with Crippen LogP contribution in [0.1, 0.15) is 24.0 Å². The van der Waals surface area contributed by atoms with Crippen LogP contribution in [-0.2, 0) is 11.3 Å². The number of oxime groups is 1. The van der Waals surface area contributed by atoms with Crippen LogP contribution < -0.4 is 5.32 Å². The number of nitrogens with zero attached hydrogens (tertiary/aromatic N) is 1. The lowest BCUT2D eigenvalue weighted by Crippen LogP contribution is -2.19. The molecule has 0 aromatic heterocycles. The van der Waals surface area contributed by atoms with Crippen LogP contribution in [-0.4, -0.2) is 18.9 Å². The van der Waals surface area contributed by atoms with E-state index in [2.05, 4.69) is 10.5 Å². The Balaban J connectivity index is 2.27. The van der Waals surface area contributed by atoms with E-state index in [1.165, 1.54) is 12.6 Å². The highest BCUT2D eigenvalue weighted by atomic mass is 35.5. The van der Waals surface area contributed by atoms with Gasteiger partial charge in [-0.25, -0.2) is 4.79 Å². The first kappa shape index (κ1) is 11.9. The molecule has 0 spiro atoms. The molecule has 1 aliphatic carbocycles. The van der Waals surface area contributed by atoms with Crippen LogP contribution in [0.25, 0.3) is 0 Å². The molecule has 0 radical (unpaired) electrons. The zero-order chi connectivity index (χ0) is 12.3. The minimum Gasteiger partial charge on any atom is -0.323 e. The van der Waals surface area contributed by atoms with E-state index in [0.29, 0.717) is 5.02 Å². The van der Waals surface area contributed by atoms with Crippen LogP contribution >= 0.6 is 11.6 Å². The second kappa shape index (κ2) is 5.19. The first-order valence-electron chi connectivity index (χ1n) is 5.45. The van der Waals surface area contributed by atoms with Gasteiger partial charge in [0.2, 0.25) is 0 Å². The number of nitrogens with one attached hydrogen (secondary N) is 1. The van der Waals surface area contributed by atoms with Crippen molar-refractivity contribution in [1.29, 1.82) is 0 Å². The number of hydrogen-bond donors (Lipinski definition) is 1. The van der Waals surface area contributed by atoms with Crippen molar-refractivity contribution in [1.82, 2.24) is 5.32 Å². The van der Waals surface area contributed by atoms with Crippen LogP contribution in [0.3, 0.4) is 0 Å². The van der Waals surface area contributed by atoms with Gasteiger partial charge in [0.15, 0.2) is 0 Å². The van der Waals surface area contributed by atoms with E-state index in [1.807, 2.05) is 18.2 Å². The van der Waals surface area contributed by atoms with E-state index < -0.39 is 6.09 Å². The van der Waals surface area contributed by atoms with Crippen LogP contribution in [0, 0.1) is 0 Å². The number of carbonyl (C=O) groups excluding carboxylic acids is 1. The van der Waals surface area contributed by atoms with Gasteiger partial charge in [-0.05, 0) is 37.0 Å². The van der Waals surface area contributed by atoms with E-state index in [-0.39, 0.29) is 0 Å². The largest absolute Gasteiger partial charge is 0.433 e. The molecule has 0 atom stereocenters. The van der Waals surface area contributed by atoms with Gasteiger partial charge in [-0.15, -0.1) is 0 Å². The second-order valence-corrected chi connectivity index (χ2v) is 4.26. The number of hydrogen-bond acceptors (Lipinski definition) is 3. The minimum atomic E-state index is -0.563. The lowest BCUT2D eigenvalue weighted by molar-refractivity contribution is 0.153. The number of amides is 1. The summed E-state index contributed by atoms with van der Waals surface area (Å²) in [4.78, 5) is 15.7. The predicted octanol–water partition coefficient (Wildman–Crippen LogP) is 2.74. The third-order valence-corrected chi connectivity index (χ3v) is 2.92. The summed E-state index contributed by atoms with van der Waals surface area (Å²) in [6, 6.07) is 5.72. The Kier molecular flexibility index (Phi) is 3.64. The Labute approximate surface area is 105 Å². The molecular formula is C12H13ClN2O2. The third kappa shape index (κ3) is 2.77. The molecule has 4 nitrogen and oxygen atoms in total. The van der Waals surface area contributed by atoms with Crippen LogP contribution in [0.5, 0.6) is 0 Å². The molecule has 0 aliphatic heterocycles. The summed E-state index contributed by atoms with van der Waals surface area (Å²) in [7, 11) is 1.49. The molecule has 17 heavy (non-hydrogen) atoms. The molecular weight excluding hydrogens is 240 g/mol. The van der Waals surface area contributed by atoms with Crippen molar-refractivity contribution >= 4 is 23.4 Å². The fourth-order valence-corrected chi connectivity index (χ4v) is 2.03. The first-order chi connectivity index (χ1) is 8.20. The smallest absolute Gasteiger partial charge is 0.323 e. The fraction of sp³-hybridized carbons (Fsp3) is 0.333. The van der Waals surface area contributed by atoms with Crippen molar-refractivity contribution in [2.75, 3.05) is 7.05 Å². The van der Waals surface area contributed by atoms with Gasteiger partial charge >= 0.3 is 6.09 Å². The lowest BCUT2D eigenvalue weighted by Gasteiger charge is -2.17. The molecule has 0 bridgehead atoms. The van der Waals surface area contributed by atoms with Gasteiger partial charge in [0, 0.05) is 17.6 Å². The molecule has 1 aliphatic rings. The zero-order valence-electron chi connectivity index (χ0n) is 9.50. The van der Waals surface area contributed by atoms with Gasteiger partial charge in [0.25, 0.3) is 0 Å². The number of benzene rings is 1. The fourth-order valence-electron chi connectivity index (χ4n) is 1.85. The monoisotopic (exact) mass is 252 g/mol. The van der Waals surface area contributed by atoms with Crippen molar-refractivity contribution < 1.29 is 9.63 Å². The molecule has 0 unspecified atom stereocenters. The highest BCUT2D eigenvalue weighted by molar-refractivity contribution is 6.31. The average molecular weight is 253 g/mol. The molecule has 0 saturated carbocycles. The summed E-state index contributed by atoms with van der Waals surface area (Å²) in [6.07, 6.45) is 2.24. The molecule has 0 fully saturated rings. The Morgan fingerprint density at radius 3 is 3.06 bits per heavy atom. The lowest BCUT2D eigenvalue weighted by atomic mass is 9.90. The molecule has 5 heteroatoms. The summed E-state index contributed by atoms with van der Waals surface area (Å²) in [5, 5.41) is 6.89. The summed E-state index contributed by atoms with van der Waals surface area (Å²) in [6.45, 7) is 0. The van der Waals surface area contributed by atoms with Crippen molar-refractivity contribution in [3.05, 3.63) is 34.3 Å². The van der Waals surface area contributed by atoms with Crippen molar-refractivity contribution in [3.8, 4) is 0 Å². The third-order valence-electron chi connectivity index (χ3n) is 2.69. The Morgan fingerprint density at radius 1 is 1.47 bits per heavy atom. The van der Waals surface area contributed by atoms with E-state index in [9.17, 15) is 4.79 Å². The molecule has 90 valence electrons. The maximum atomic E-state index is 11.0. The van der Waals surface area contributed by atoms with E-state index in [4.69, 9.17) is 16.4 Å². The minimum absolute atomic E-state index is 0.563. The van der Waals surface area contributed by atoms with Crippen LogP contribution in [0.4, 0.5) is 4.79 Å². The zero-order valence-corrected chi connectivity index (χ0v) is 10.3. The highest BCUT2D eigenvalue weighted by Crippen LogP contribution is 2.25. The average Bonchev–Trinajstić information content (AvgIpc) is 2.35. The molecule has 0 heterocycles. The molecule has 1 amide bonds. The molecule has 0 saturated heterocycles. The topological polar surface area (TPSA) is 50.7 Å². The molecule has 1 aromatic carbocycles. The first-order valence-corrected chi connectivity index (χ1v) is 5.83. The molecule has 1 aromatic rings. The Hall–Kier alpha value is -1.55. The quantitative estimate of drug-likeness (QED) is 0.617. The standard InChI is InChI=1S/C12H13ClN2O2/c1-14-12(16)17-15-11-4-2-3-8-5-6-9(13)7-10(8)11/h5-7H,2-4H2,1H3,(H,14,16)/b15-11-. The van der Waals surface area contributed by atoms with Gasteiger partial charge < -0.3 is 5.32 Å². The second-order valence-electron chi connectivity index (χ2n) is 3.82. The number of halogens is 1. The highest BCUT2D eigenvalue weighted by Gasteiger charge is 2.16. The summed E-state index contributed by atoms with van der Waals surface area (Å²) in [5.41, 5.74) is 2.95. The Morgan fingerprint density at radius 2 is 2.29 bits per heavy atom. The normalized spacial score (nSPS) is 16.5. The summed E-state index contributed by atoms with van der Waals surface area (Å²) < 4.78 is 0. The van der Waals surface area contributed by atoms with Crippen LogP contribution in [0.15, 0.2) is 23.4 Å². The molecule has 1 N–H and O–H groups in total. The number of rotatable bonds is 1. The van der Waals surface area contributed by atoms with E-state index in [1.54, 1.807) is 0 Å². The number of fused-ring (bicyclic) bond motifs is 1. The van der Waals surface area contributed by atoms with E-state index >= 15 is 0 Å². The van der Waals surface area contributed by atoms with Crippen molar-refractivity contribution in [2.24, 2.45) is 5.16 Å². The summed E-state index contributed by atoms with van der Waals surface area (Å²) in [5.74, 6) is 0. The van der Waals surface area contributed by atoms with Crippen molar-refractivity contribution in [2.45, 2.75) is 19.3 Å². The SMILES string of the molecule is CNC(=O)O/N=C1/CCCc2ccc(Cl)cc21. The maximum absolute atomic E-state index is 11.0. The van der Waals surface area contributed by atoms with Crippen LogP contribution in [0.2, 0.25) is 5.02 Å². The maximum Gasteiger partial charge on any atom is 0.433 e. The Bertz CT molecular complexity index is 472.